The average molecular weight is 434 g/mol. The maximum absolute atomic E-state index is 11.8. The molecule has 2 amide bonds. The van der Waals surface area contributed by atoms with Crippen LogP contribution < -0.4 is 10.6 Å². The summed E-state index contributed by atoms with van der Waals surface area (Å²) in [6.45, 7) is 6.13. The second kappa shape index (κ2) is 12.0. The SMILES string of the molecule is Cc1cc(NC(=O)CSCC(=O)OCC(=O)NCCc2ccc(C(C)C)cc2)no1. The van der Waals surface area contributed by atoms with Crippen molar-refractivity contribution in [2.45, 2.75) is 33.1 Å². The third kappa shape index (κ3) is 8.69. The van der Waals surface area contributed by atoms with Crippen LogP contribution >= 0.6 is 11.8 Å². The number of ether oxygens (including phenoxy) is 1. The first kappa shape index (κ1) is 23.5. The van der Waals surface area contributed by atoms with Gasteiger partial charge in [-0.15, -0.1) is 11.8 Å². The Morgan fingerprint density at radius 1 is 1.13 bits per heavy atom. The van der Waals surface area contributed by atoms with Gasteiger partial charge in [0, 0.05) is 12.6 Å². The van der Waals surface area contributed by atoms with Gasteiger partial charge in [-0.2, -0.15) is 0 Å². The number of carbonyl (C=O) groups is 3. The zero-order chi connectivity index (χ0) is 21.9. The van der Waals surface area contributed by atoms with Gasteiger partial charge in [-0.25, -0.2) is 0 Å². The molecule has 0 aliphatic rings. The molecule has 9 heteroatoms. The van der Waals surface area contributed by atoms with Gasteiger partial charge in [-0.05, 0) is 30.4 Å². The fourth-order valence-electron chi connectivity index (χ4n) is 2.49. The molecule has 2 rings (SSSR count). The van der Waals surface area contributed by atoms with Crippen LogP contribution in [-0.4, -0.2) is 47.6 Å². The lowest BCUT2D eigenvalue weighted by Crippen LogP contribution is -2.30. The lowest BCUT2D eigenvalue weighted by Gasteiger charge is -2.08. The Kier molecular flexibility index (Phi) is 9.40. The Balaban J connectivity index is 1.54. The van der Waals surface area contributed by atoms with Crippen LogP contribution in [-0.2, 0) is 25.5 Å². The number of nitrogens with one attached hydrogen (secondary N) is 2. The Bertz CT molecular complexity index is 849. The Labute approximate surface area is 180 Å². The predicted octanol–water partition coefficient (Wildman–Crippen LogP) is 2.68. The fraction of sp³-hybridized carbons (Fsp3) is 0.429. The molecular weight excluding hydrogens is 406 g/mol. The van der Waals surface area contributed by atoms with Gasteiger partial charge < -0.3 is 19.9 Å². The molecule has 1 aromatic heterocycles. The number of hydrogen-bond donors (Lipinski definition) is 2. The molecule has 0 saturated heterocycles. The van der Waals surface area contributed by atoms with Gasteiger partial charge >= 0.3 is 5.97 Å². The van der Waals surface area contributed by atoms with Crippen molar-refractivity contribution in [3.63, 3.8) is 0 Å². The van der Waals surface area contributed by atoms with Gasteiger partial charge in [0.1, 0.15) is 5.76 Å². The van der Waals surface area contributed by atoms with Crippen LogP contribution in [0.4, 0.5) is 5.82 Å². The summed E-state index contributed by atoms with van der Waals surface area (Å²) >= 11 is 1.09. The first-order valence-electron chi connectivity index (χ1n) is 9.65. The Morgan fingerprint density at radius 2 is 1.87 bits per heavy atom. The van der Waals surface area contributed by atoms with Gasteiger partial charge in [-0.3, -0.25) is 14.4 Å². The number of thioether (sulfide) groups is 1. The summed E-state index contributed by atoms with van der Waals surface area (Å²) in [5.74, 6) is 0.218. The zero-order valence-electron chi connectivity index (χ0n) is 17.4. The van der Waals surface area contributed by atoms with Crippen molar-refractivity contribution in [2.24, 2.45) is 0 Å². The third-order valence-corrected chi connectivity index (χ3v) is 5.00. The first-order valence-corrected chi connectivity index (χ1v) is 10.8. The number of carbonyl (C=O) groups excluding carboxylic acids is 3. The van der Waals surface area contributed by atoms with Crippen LogP contribution in [0.1, 0.15) is 36.7 Å². The summed E-state index contributed by atoms with van der Waals surface area (Å²) in [6, 6.07) is 9.88. The van der Waals surface area contributed by atoms with E-state index in [-0.39, 0.29) is 29.9 Å². The molecule has 30 heavy (non-hydrogen) atoms. The van der Waals surface area contributed by atoms with E-state index >= 15 is 0 Å². The van der Waals surface area contributed by atoms with Crippen LogP contribution in [0.15, 0.2) is 34.9 Å². The Morgan fingerprint density at radius 3 is 2.50 bits per heavy atom. The van der Waals surface area contributed by atoms with E-state index < -0.39 is 5.97 Å². The van der Waals surface area contributed by atoms with Crippen molar-refractivity contribution in [1.82, 2.24) is 10.5 Å². The largest absolute Gasteiger partial charge is 0.455 e. The summed E-state index contributed by atoms with van der Waals surface area (Å²) in [6.07, 6.45) is 0.702. The maximum atomic E-state index is 11.8. The quantitative estimate of drug-likeness (QED) is 0.524. The third-order valence-electron chi connectivity index (χ3n) is 4.10. The number of aryl methyl sites for hydroxylation is 1. The number of hydrogen-bond acceptors (Lipinski definition) is 7. The summed E-state index contributed by atoms with van der Waals surface area (Å²) in [7, 11) is 0. The van der Waals surface area contributed by atoms with E-state index in [1.807, 2.05) is 0 Å². The molecule has 1 heterocycles. The highest BCUT2D eigenvalue weighted by Gasteiger charge is 2.11. The molecule has 0 unspecified atom stereocenters. The normalized spacial score (nSPS) is 10.7. The molecule has 0 bridgehead atoms. The summed E-state index contributed by atoms with van der Waals surface area (Å²) in [5, 5.41) is 8.93. The fourth-order valence-corrected chi connectivity index (χ4v) is 3.10. The molecule has 0 aliphatic heterocycles. The molecule has 0 radical (unpaired) electrons. The molecule has 0 fully saturated rings. The first-order chi connectivity index (χ1) is 14.3. The zero-order valence-corrected chi connectivity index (χ0v) is 18.2. The molecule has 0 spiro atoms. The summed E-state index contributed by atoms with van der Waals surface area (Å²) < 4.78 is 9.77. The minimum Gasteiger partial charge on any atom is -0.455 e. The smallest absolute Gasteiger partial charge is 0.316 e. The topological polar surface area (TPSA) is 111 Å². The number of amides is 2. The highest BCUT2D eigenvalue weighted by Crippen LogP contribution is 2.14. The maximum Gasteiger partial charge on any atom is 0.316 e. The summed E-state index contributed by atoms with van der Waals surface area (Å²) in [4.78, 5) is 35.2. The molecule has 8 nitrogen and oxygen atoms in total. The van der Waals surface area contributed by atoms with Crippen molar-refractivity contribution in [2.75, 3.05) is 30.0 Å². The monoisotopic (exact) mass is 433 g/mol. The van der Waals surface area contributed by atoms with Crippen molar-refractivity contribution in [3.8, 4) is 0 Å². The van der Waals surface area contributed by atoms with Crippen molar-refractivity contribution >= 4 is 35.4 Å². The second-order valence-electron chi connectivity index (χ2n) is 7.02. The minimum atomic E-state index is -0.551. The number of aromatic nitrogens is 1. The van der Waals surface area contributed by atoms with E-state index in [0.29, 0.717) is 30.5 Å². The molecule has 162 valence electrons. The molecule has 2 aromatic rings. The number of nitrogens with zero attached hydrogens (tertiary/aromatic N) is 1. The summed E-state index contributed by atoms with van der Waals surface area (Å²) in [5.41, 5.74) is 2.41. The highest BCUT2D eigenvalue weighted by atomic mass is 32.2. The van der Waals surface area contributed by atoms with Crippen LogP contribution in [0.3, 0.4) is 0 Å². The van der Waals surface area contributed by atoms with Crippen molar-refractivity contribution < 1.29 is 23.6 Å². The van der Waals surface area contributed by atoms with Crippen LogP contribution in [0.25, 0.3) is 0 Å². The van der Waals surface area contributed by atoms with Crippen molar-refractivity contribution in [1.29, 1.82) is 0 Å². The number of esters is 1. The molecule has 2 N–H and O–H groups in total. The number of rotatable bonds is 11. The minimum absolute atomic E-state index is 0.0270. The van der Waals surface area contributed by atoms with Gasteiger partial charge in [0.2, 0.25) is 5.91 Å². The lowest BCUT2D eigenvalue weighted by molar-refractivity contribution is -0.145. The van der Waals surface area contributed by atoms with Gasteiger partial charge in [0.15, 0.2) is 12.4 Å². The average Bonchev–Trinajstić information content (AvgIpc) is 3.11. The lowest BCUT2D eigenvalue weighted by atomic mass is 10.0. The van der Waals surface area contributed by atoms with E-state index in [2.05, 4.69) is 53.9 Å². The van der Waals surface area contributed by atoms with E-state index in [1.54, 1.807) is 13.0 Å². The van der Waals surface area contributed by atoms with Crippen LogP contribution in [0.5, 0.6) is 0 Å². The van der Waals surface area contributed by atoms with E-state index in [1.165, 1.54) is 5.56 Å². The predicted molar refractivity (Wildman–Crippen MR) is 115 cm³/mol. The molecule has 1 aromatic carbocycles. The standard InChI is InChI=1S/C21H27N3O5S/c1-14(2)17-6-4-16(5-7-17)8-9-22-19(25)11-28-21(27)13-30-12-20(26)23-18-10-15(3)29-24-18/h4-7,10,14H,8-9,11-13H2,1-3H3,(H,22,25)(H,23,24,26). The molecule has 0 saturated carbocycles. The molecule has 0 atom stereocenters. The molecular formula is C21H27N3O5S. The Hall–Kier alpha value is -2.81. The van der Waals surface area contributed by atoms with Crippen LogP contribution in [0.2, 0.25) is 0 Å². The number of benzene rings is 1. The van der Waals surface area contributed by atoms with E-state index in [4.69, 9.17) is 9.26 Å². The van der Waals surface area contributed by atoms with Gasteiger partial charge in [0.25, 0.3) is 5.91 Å². The second-order valence-corrected chi connectivity index (χ2v) is 8.01. The number of anilines is 1. The van der Waals surface area contributed by atoms with Gasteiger partial charge in [-0.1, -0.05) is 43.3 Å². The van der Waals surface area contributed by atoms with Crippen LogP contribution in [0, 0.1) is 6.92 Å². The highest BCUT2D eigenvalue weighted by molar-refractivity contribution is 8.00. The van der Waals surface area contributed by atoms with Gasteiger partial charge in [0.05, 0.1) is 11.5 Å². The molecule has 0 aliphatic carbocycles. The van der Waals surface area contributed by atoms with Crippen molar-refractivity contribution in [3.05, 3.63) is 47.2 Å². The van der Waals surface area contributed by atoms with E-state index in [9.17, 15) is 14.4 Å². The van der Waals surface area contributed by atoms with E-state index in [0.717, 1.165) is 17.3 Å².